The number of nitriles is 1. The second-order valence-corrected chi connectivity index (χ2v) is 7.45. The predicted octanol–water partition coefficient (Wildman–Crippen LogP) is 4.15. The van der Waals surface area contributed by atoms with Crippen molar-refractivity contribution in [1.82, 2.24) is 4.90 Å². The summed E-state index contributed by atoms with van der Waals surface area (Å²) in [7, 11) is 3.20. The van der Waals surface area contributed by atoms with Gasteiger partial charge in [-0.05, 0) is 48.4 Å². The Balaban J connectivity index is 1.86. The molecule has 0 atom stereocenters. The normalized spacial score (nSPS) is 12.3. The second kappa shape index (κ2) is 9.55. The first-order valence-corrected chi connectivity index (χ1v) is 10.0. The summed E-state index contributed by atoms with van der Waals surface area (Å²) in [4.78, 5) is 13.5. The van der Waals surface area contributed by atoms with Crippen LogP contribution >= 0.6 is 15.9 Å². The molecule has 3 rings (SSSR count). The molecule has 0 N–H and O–H groups in total. The molecule has 156 valence electrons. The number of nitrogens with zero attached hydrogens (tertiary/aromatic N) is 2. The average Bonchev–Trinajstić information content (AvgIpc) is 3.20. The first-order valence-electron chi connectivity index (χ1n) is 9.24. The third-order valence-electron chi connectivity index (χ3n) is 4.25. The molecule has 2 aromatic rings. The number of halogens is 1. The van der Waals surface area contributed by atoms with Crippen LogP contribution in [0.5, 0.6) is 23.0 Å². The van der Waals surface area contributed by atoms with Crippen LogP contribution in [0.4, 0.5) is 0 Å². The standard InChI is InChI=1S/C22H21BrN2O5/c1-4-27-20-9-15(8-16(11-24)22(26)25(2)3)17(23)10-21(20)28-12-14-5-6-18-19(7-14)30-13-29-18/h5-10H,4,12-13H2,1-3H3/b16-8-. The molecular weight excluding hydrogens is 452 g/mol. The Labute approximate surface area is 183 Å². The molecule has 7 nitrogen and oxygen atoms in total. The Bertz CT molecular complexity index is 1030. The van der Waals surface area contributed by atoms with Gasteiger partial charge in [-0.1, -0.05) is 22.0 Å². The van der Waals surface area contributed by atoms with E-state index < -0.39 is 0 Å². The van der Waals surface area contributed by atoms with Crippen LogP contribution in [0, 0.1) is 11.3 Å². The fourth-order valence-corrected chi connectivity index (χ4v) is 3.21. The molecular formula is C22H21BrN2O5. The monoisotopic (exact) mass is 472 g/mol. The Kier molecular flexibility index (Phi) is 6.85. The van der Waals surface area contributed by atoms with Crippen molar-refractivity contribution < 1.29 is 23.7 Å². The summed E-state index contributed by atoms with van der Waals surface area (Å²) in [6, 6.07) is 11.1. The molecule has 0 aliphatic carbocycles. The molecule has 0 saturated heterocycles. The summed E-state index contributed by atoms with van der Waals surface area (Å²) in [5, 5.41) is 9.35. The van der Waals surface area contributed by atoms with E-state index in [1.54, 1.807) is 26.2 Å². The summed E-state index contributed by atoms with van der Waals surface area (Å²) >= 11 is 3.49. The van der Waals surface area contributed by atoms with Gasteiger partial charge in [0.25, 0.3) is 5.91 Å². The zero-order valence-corrected chi connectivity index (χ0v) is 18.5. The zero-order chi connectivity index (χ0) is 21.7. The first kappa shape index (κ1) is 21.5. The van der Waals surface area contributed by atoms with E-state index in [4.69, 9.17) is 18.9 Å². The minimum Gasteiger partial charge on any atom is -0.490 e. The molecule has 0 radical (unpaired) electrons. The van der Waals surface area contributed by atoms with Crippen molar-refractivity contribution in [2.75, 3.05) is 27.5 Å². The number of ether oxygens (including phenoxy) is 4. The van der Waals surface area contributed by atoms with E-state index in [2.05, 4.69) is 15.9 Å². The summed E-state index contributed by atoms with van der Waals surface area (Å²) < 4.78 is 23.1. The number of hydrogen-bond acceptors (Lipinski definition) is 6. The van der Waals surface area contributed by atoms with Gasteiger partial charge in [-0.15, -0.1) is 0 Å². The molecule has 0 aromatic heterocycles. The van der Waals surface area contributed by atoms with Crippen LogP contribution in [-0.4, -0.2) is 38.3 Å². The number of carbonyl (C=O) groups is 1. The maximum atomic E-state index is 12.2. The molecule has 0 fully saturated rings. The van der Waals surface area contributed by atoms with Crippen molar-refractivity contribution >= 4 is 27.9 Å². The number of rotatable bonds is 7. The van der Waals surface area contributed by atoms with Crippen LogP contribution in [-0.2, 0) is 11.4 Å². The molecule has 30 heavy (non-hydrogen) atoms. The van der Waals surface area contributed by atoms with Gasteiger partial charge in [0.05, 0.1) is 6.61 Å². The van der Waals surface area contributed by atoms with Gasteiger partial charge < -0.3 is 23.8 Å². The van der Waals surface area contributed by atoms with E-state index in [1.165, 1.54) is 11.0 Å². The molecule has 0 spiro atoms. The van der Waals surface area contributed by atoms with Crippen molar-refractivity contribution in [3.05, 3.63) is 51.5 Å². The molecule has 0 saturated carbocycles. The molecule has 1 heterocycles. The fourth-order valence-electron chi connectivity index (χ4n) is 2.77. The van der Waals surface area contributed by atoms with Crippen molar-refractivity contribution in [2.24, 2.45) is 0 Å². The lowest BCUT2D eigenvalue weighted by atomic mass is 10.1. The van der Waals surface area contributed by atoms with Crippen LogP contribution < -0.4 is 18.9 Å². The molecule has 1 amide bonds. The van der Waals surface area contributed by atoms with E-state index in [0.717, 1.165) is 5.56 Å². The van der Waals surface area contributed by atoms with Crippen LogP contribution in [0.1, 0.15) is 18.1 Å². The minimum absolute atomic E-state index is 0.0252. The maximum absolute atomic E-state index is 12.2. The lowest BCUT2D eigenvalue weighted by molar-refractivity contribution is -0.124. The SMILES string of the molecule is CCOc1cc(/C=C(/C#N)C(=O)N(C)C)c(Br)cc1OCc1ccc2c(c1)OCO2. The van der Waals surface area contributed by atoms with Crippen molar-refractivity contribution in [3.8, 4) is 29.1 Å². The third kappa shape index (κ3) is 4.86. The smallest absolute Gasteiger partial charge is 0.264 e. The number of benzene rings is 2. The molecule has 0 bridgehead atoms. The highest BCUT2D eigenvalue weighted by Crippen LogP contribution is 2.37. The Morgan fingerprint density at radius 1 is 1.20 bits per heavy atom. The Morgan fingerprint density at radius 3 is 2.63 bits per heavy atom. The van der Waals surface area contributed by atoms with Crippen LogP contribution in [0.3, 0.4) is 0 Å². The quantitative estimate of drug-likeness (QED) is 0.444. The van der Waals surface area contributed by atoms with E-state index in [-0.39, 0.29) is 18.3 Å². The van der Waals surface area contributed by atoms with Crippen LogP contribution in [0.25, 0.3) is 6.08 Å². The highest BCUT2D eigenvalue weighted by atomic mass is 79.9. The molecule has 1 aliphatic heterocycles. The van der Waals surface area contributed by atoms with Crippen LogP contribution in [0.15, 0.2) is 40.4 Å². The van der Waals surface area contributed by atoms with Gasteiger partial charge in [0.1, 0.15) is 18.2 Å². The van der Waals surface area contributed by atoms with Crippen LogP contribution in [0.2, 0.25) is 0 Å². The number of fused-ring (bicyclic) bond motifs is 1. The largest absolute Gasteiger partial charge is 0.490 e. The van der Waals surface area contributed by atoms with Gasteiger partial charge in [0.2, 0.25) is 6.79 Å². The van der Waals surface area contributed by atoms with E-state index in [0.29, 0.717) is 46.2 Å². The number of carbonyl (C=O) groups excluding carboxylic acids is 1. The Hall–Kier alpha value is -3.18. The van der Waals surface area contributed by atoms with Crippen molar-refractivity contribution in [1.29, 1.82) is 5.26 Å². The molecule has 1 aliphatic rings. The number of hydrogen-bond donors (Lipinski definition) is 0. The van der Waals surface area contributed by atoms with Gasteiger partial charge in [0.15, 0.2) is 23.0 Å². The van der Waals surface area contributed by atoms with E-state index in [1.807, 2.05) is 31.2 Å². The van der Waals surface area contributed by atoms with E-state index >= 15 is 0 Å². The second-order valence-electron chi connectivity index (χ2n) is 6.60. The predicted molar refractivity (Wildman–Crippen MR) is 114 cm³/mol. The van der Waals surface area contributed by atoms with Crippen molar-refractivity contribution in [2.45, 2.75) is 13.5 Å². The average molecular weight is 473 g/mol. The summed E-state index contributed by atoms with van der Waals surface area (Å²) in [6.45, 7) is 2.83. The topological polar surface area (TPSA) is 81.0 Å². The first-order chi connectivity index (χ1) is 14.4. The summed E-state index contributed by atoms with van der Waals surface area (Å²) in [6.07, 6.45) is 1.52. The third-order valence-corrected chi connectivity index (χ3v) is 4.94. The van der Waals surface area contributed by atoms with Gasteiger partial charge in [-0.25, -0.2) is 0 Å². The molecule has 2 aromatic carbocycles. The highest BCUT2D eigenvalue weighted by molar-refractivity contribution is 9.10. The summed E-state index contributed by atoms with van der Waals surface area (Å²) in [5.41, 5.74) is 1.59. The van der Waals surface area contributed by atoms with Gasteiger partial charge in [-0.3, -0.25) is 4.79 Å². The minimum atomic E-state index is -0.370. The summed E-state index contributed by atoms with van der Waals surface area (Å²) in [5.74, 6) is 2.09. The molecule has 0 unspecified atom stereocenters. The zero-order valence-electron chi connectivity index (χ0n) is 16.9. The lowest BCUT2D eigenvalue weighted by Gasteiger charge is -2.15. The maximum Gasteiger partial charge on any atom is 0.264 e. The van der Waals surface area contributed by atoms with Gasteiger partial charge in [-0.2, -0.15) is 5.26 Å². The number of likely N-dealkylation sites (N-methyl/N-ethyl adjacent to an activating group) is 1. The van der Waals surface area contributed by atoms with Gasteiger partial charge >= 0.3 is 0 Å². The fraction of sp³-hybridized carbons (Fsp3) is 0.273. The van der Waals surface area contributed by atoms with Crippen molar-refractivity contribution in [3.63, 3.8) is 0 Å². The Morgan fingerprint density at radius 2 is 1.93 bits per heavy atom. The number of amides is 1. The van der Waals surface area contributed by atoms with E-state index in [9.17, 15) is 10.1 Å². The highest BCUT2D eigenvalue weighted by Gasteiger charge is 2.16. The molecule has 8 heteroatoms. The van der Waals surface area contributed by atoms with Gasteiger partial charge in [0, 0.05) is 18.6 Å². The lowest BCUT2D eigenvalue weighted by Crippen LogP contribution is -2.22.